The number of anilines is 1. The van der Waals surface area contributed by atoms with Crippen LogP contribution in [0.15, 0.2) is 24.3 Å². The highest BCUT2D eigenvalue weighted by molar-refractivity contribution is 5.96. The van der Waals surface area contributed by atoms with E-state index in [-0.39, 0.29) is 11.4 Å². The van der Waals surface area contributed by atoms with E-state index in [1.54, 1.807) is 18.7 Å². The second-order valence-electron chi connectivity index (χ2n) is 5.83. The number of non-ortho nitro benzene ring substituents is 1. The lowest BCUT2D eigenvalue weighted by atomic mass is 10.3. The minimum Gasteiger partial charge on any atom is -0.482 e. The molecule has 1 amide bonds. The van der Waals surface area contributed by atoms with Crippen molar-refractivity contribution in [1.29, 1.82) is 0 Å². The molecule has 10 nitrogen and oxygen atoms in total. The third-order valence-corrected chi connectivity index (χ3v) is 3.84. The second-order valence-corrected chi connectivity index (χ2v) is 5.83. The Bertz CT molecular complexity index is 859. The highest BCUT2D eigenvalue weighted by Gasteiger charge is 2.21. The number of esters is 1. The molecule has 0 aliphatic carbocycles. The van der Waals surface area contributed by atoms with Crippen LogP contribution in [0.1, 0.15) is 18.3 Å². The number of benzene rings is 1. The van der Waals surface area contributed by atoms with Gasteiger partial charge in [-0.25, -0.2) is 4.79 Å². The fourth-order valence-corrected chi connectivity index (χ4v) is 2.27. The first-order valence-corrected chi connectivity index (χ1v) is 8.07. The van der Waals surface area contributed by atoms with Crippen LogP contribution in [-0.2, 0) is 21.4 Å². The summed E-state index contributed by atoms with van der Waals surface area (Å²) in [6.45, 7) is 4.59. The average Bonchev–Trinajstić information content (AvgIpc) is 2.86. The van der Waals surface area contributed by atoms with E-state index in [0.717, 1.165) is 5.69 Å². The predicted octanol–water partition coefficient (Wildman–Crippen LogP) is 1.89. The molecule has 0 radical (unpaired) electrons. The van der Waals surface area contributed by atoms with Gasteiger partial charge in [-0.1, -0.05) is 0 Å². The van der Waals surface area contributed by atoms with Crippen molar-refractivity contribution in [3.63, 3.8) is 0 Å². The van der Waals surface area contributed by atoms with Crippen LogP contribution in [-0.4, -0.2) is 39.3 Å². The van der Waals surface area contributed by atoms with Gasteiger partial charge in [0.25, 0.3) is 11.6 Å². The van der Waals surface area contributed by atoms with Crippen LogP contribution in [0, 0.1) is 24.0 Å². The summed E-state index contributed by atoms with van der Waals surface area (Å²) >= 11 is 0. The second kappa shape index (κ2) is 8.30. The molecule has 0 unspecified atom stereocenters. The van der Waals surface area contributed by atoms with E-state index in [9.17, 15) is 19.7 Å². The summed E-state index contributed by atoms with van der Waals surface area (Å²) in [6.07, 6.45) is -1.03. The number of ether oxygens (including phenoxy) is 2. The molecule has 2 rings (SSSR count). The Labute approximate surface area is 155 Å². The van der Waals surface area contributed by atoms with Crippen LogP contribution in [0.2, 0.25) is 0 Å². The van der Waals surface area contributed by atoms with Gasteiger partial charge in [0.05, 0.1) is 22.0 Å². The topological polar surface area (TPSA) is 126 Å². The molecule has 0 spiro atoms. The predicted molar refractivity (Wildman–Crippen MR) is 95.5 cm³/mol. The first-order chi connectivity index (χ1) is 12.7. The van der Waals surface area contributed by atoms with Gasteiger partial charge in [-0.3, -0.25) is 19.6 Å². The summed E-state index contributed by atoms with van der Waals surface area (Å²) < 4.78 is 11.9. The molecular formula is C17H20N4O6. The highest BCUT2D eigenvalue weighted by atomic mass is 16.6. The van der Waals surface area contributed by atoms with Gasteiger partial charge < -0.3 is 14.8 Å². The molecule has 0 aliphatic heterocycles. The lowest BCUT2D eigenvalue weighted by molar-refractivity contribution is -0.384. The molecule has 2 aromatic rings. The highest BCUT2D eigenvalue weighted by Crippen LogP contribution is 2.19. The van der Waals surface area contributed by atoms with Crippen LogP contribution >= 0.6 is 0 Å². The van der Waals surface area contributed by atoms with Gasteiger partial charge in [0.15, 0.2) is 12.7 Å². The van der Waals surface area contributed by atoms with Gasteiger partial charge in [0.2, 0.25) is 0 Å². The number of rotatable bonds is 7. The molecule has 1 aromatic carbocycles. The summed E-state index contributed by atoms with van der Waals surface area (Å²) in [5, 5.41) is 17.5. The van der Waals surface area contributed by atoms with Crippen molar-refractivity contribution in [3.05, 3.63) is 45.8 Å². The van der Waals surface area contributed by atoms with Gasteiger partial charge in [-0.15, -0.1) is 0 Å². The van der Waals surface area contributed by atoms with Crippen molar-refractivity contribution in [2.24, 2.45) is 7.05 Å². The van der Waals surface area contributed by atoms with Crippen LogP contribution in [0.5, 0.6) is 5.75 Å². The zero-order chi connectivity index (χ0) is 20.1. The maximum Gasteiger partial charge on any atom is 0.344 e. The van der Waals surface area contributed by atoms with Crippen molar-refractivity contribution in [2.75, 3.05) is 11.9 Å². The van der Waals surface area contributed by atoms with Gasteiger partial charge in [-0.2, -0.15) is 5.10 Å². The maximum absolute atomic E-state index is 12.2. The van der Waals surface area contributed by atoms with Gasteiger partial charge >= 0.3 is 5.97 Å². The van der Waals surface area contributed by atoms with Crippen molar-refractivity contribution >= 4 is 23.3 Å². The molecule has 0 saturated heterocycles. The Morgan fingerprint density at radius 1 is 1.30 bits per heavy atom. The number of nitro benzene ring substituents is 1. The largest absolute Gasteiger partial charge is 0.482 e. The number of hydrogen-bond acceptors (Lipinski definition) is 7. The van der Waals surface area contributed by atoms with Gasteiger partial charge in [0.1, 0.15) is 5.75 Å². The average molecular weight is 376 g/mol. The quantitative estimate of drug-likeness (QED) is 0.444. The molecular weight excluding hydrogens is 356 g/mol. The summed E-state index contributed by atoms with van der Waals surface area (Å²) in [5.74, 6) is -0.954. The number of hydrogen-bond donors (Lipinski definition) is 1. The summed E-state index contributed by atoms with van der Waals surface area (Å²) in [5.41, 5.74) is 1.92. The first kappa shape index (κ1) is 19.9. The number of aryl methyl sites for hydroxylation is 2. The Morgan fingerprint density at radius 2 is 1.93 bits per heavy atom. The lowest BCUT2D eigenvalue weighted by Crippen LogP contribution is -2.32. The van der Waals surface area contributed by atoms with E-state index in [1.165, 1.54) is 31.2 Å². The molecule has 27 heavy (non-hydrogen) atoms. The van der Waals surface area contributed by atoms with E-state index in [4.69, 9.17) is 9.47 Å². The van der Waals surface area contributed by atoms with E-state index >= 15 is 0 Å². The molecule has 0 bridgehead atoms. The maximum atomic E-state index is 12.2. The Kier molecular flexibility index (Phi) is 6.11. The number of carbonyl (C=O) groups is 2. The monoisotopic (exact) mass is 376 g/mol. The third-order valence-electron chi connectivity index (χ3n) is 3.84. The van der Waals surface area contributed by atoms with E-state index in [0.29, 0.717) is 11.4 Å². The third kappa shape index (κ3) is 5.03. The zero-order valence-corrected chi connectivity index (χ0v) is 15.4. The van der Waals surface area contributed by atoms with Crippen molar-refractivity contribution in [2.45, 2.75) is 26.9 Å². The standard InChI is InChI=1S/C17H20N4O6/c1-10-16(11(2)20(4)19-10)18-17(23)12(3)27-15(22)9-26-14-7-5-13(6-8-14)21(24)25/h5-8,12H,9H2,1-4H3,(H,18,23)/t12-/m0/s1. The molecule has 10 heteroatoms. The van der Waals surface area contributed by atoms with E-state index in [1.807, 2.05) is 6.92 Å². The molecule has 0 saturated carbocycles. The van der Waals surface area contributed by atoms with Crippen molar-refractivity contribution in [3.8, 4) is 5.75 Å². The molecule has 144 valence electrons. The number of aromatic nitrogens is 2. The van der Waals surface area contributed by atoms with Crippen molar-refractivity contribution in [1.82, 2.24) is 9.78 Å². The van der Waals surface area contributed by atoms with Crippen molar-refractivity contribution < 1.29 is 24.0 Å². The van der Waals surface area contributed by atoms with Crippen LogP contribution < -0.4 is 10.1 Å². The minimum absolute atomic E-state index is 0.0868. The first-order valence-electron chi connectivity index (χ1n) is 8.07. The SMILES string of the molecule is Cc1nn(C)c(C)c1NC(=O)[C@H](C)OC(=O)COc1ccc([N+](=O)[O-])cc1. The Balaban J connectivity index is 1.85. The summed E-state index contributed by atoms with van der Waals surface area (Å²) in [4.78, 5) is 34.1. The number of nitrogens with zero attached hydrogens (tertiary/aromatic N) is 3. The minimum atomic E-state index is -1.03. The normalized spacial score (nSPS) is 11.6. The fourth-order valence-electron chi connectivity index (χ4n) is 2.27. The van der Waals surface area contributed by atoms with E-state index < -0.39 is 29.5 Å². The number of amides is 1. The number of nitrogens with one attached hydrogen (secondary N) is 1. The molecule has 0 fully saturated rings. The summed E-state index contributed by atoms with van der Waals surface area (Å²) in [7, 11) is 1.76. The zero-order valence-electron chi connectivity index (χ0n) is 15.4. The van der Waals surface area contributed by atoms with Gasteiger partial charge in [-0.05, 0) is 32.9 Å². The smallest absolute Gasteiger partial charge is 0.344 e. The molecule has 1 atom stereocenters. The van der Waals surface area contributed by atoms with Crippen LogP contribution in [0.25, 0.3) is 0 Å². The molecule has 1 aromatic heterocycles. The van der Waals surface area contributed by atoms with Gasteiger partial charge in [0, 0.05) is 19.2 Å². The molecule has 0 aliphatic rings. The van der Waals surface area contributed by atoms with E-state index in [2.05, 4.69) is 10.4 Å². The summed E-state index contributed by atoms with van der Waals surface area (Å²) in [6, 6.07) is 5.26. The number of carbonyl (C=O) groups excluding carboxylic acids is 2. The van der Waals surface area contributed by atoms with Crippen LogP contribution in [0.4, 0.5) is 11.4 Å². The Morgan fingerprint density at radius 3 is 2.44 bits per heavy atom. The number of nitro groups is 1. The van der Waals surface area contributed by atoms with Crippen LogP contribution in [0.3, 0.4) is 0 Å². The Hall–Kier alpha value is -3.43. The molecule has 1 heterocycles. The fraction of sp³-hybridized carbons (Fsp3) is 0.353. The lowest BCUT2D eigenvalue weighted by Gasteiger charge is -2.14. The molecule has 1 N–H and O–H groups in total.